The molecule has 0 N–H and O–H groups in total. The first-order chi connectivity index (χ1) is 6.05. The molecule has 0 spiro atoms. The highest BCUT2D eigenvalue weighted by Crippen LogP contribution is 2.30. The number of aromatic nitrogens is 1. The molecule has 0 radical (unpaired) electrons. The van der Waals surface area contributed by atoms with Gasteiger partial charge in [0.25, 0.3) is 0 Å². The van der Waals surface area contributed by atoms with Gasteiger partial charge in [-0.25, -0.2) is 0 Å². The standard InChI is InChI=1S/C9H8F3N/c1-2-4-8-7(9(10,11)12)5-3-6-13-8/h2-3,5-6H,1,4H2. The van der Waals surface area contributed by atoms with E-state index in [1.807, 2.05) is 0 Å². The summed E-state index contributed by atoms with van der Waals surface area (Å²) in [5.74, 6) is 0. The summed E-state index contributed by atoms with van der Waals surface area (Å²) < 4.78 is 36.9. The molecule has 1 aromatic heterocycles. The number of alkyl halides is 3. The van der Waals surface area contributed by atoms with Crippen molar-refractivity contribution >= 4 is 0 Å². The Hall–Kier alpha value is -1.32. The Bertz CT molecular complexity index is 304. The SMILES string of the molecule is C=CCc1ncccc1C(F)(F)F. The molecule has 1 heterocycles. The highest BCUT2D eigenvalue weighted by Gasteiger charge is 2.33. The summed E-state index contributed by atoms with van der Waals surface area (Å²) in [4.78, 5) is 3.64. The zero-order chi connectivity index (χ0) is 9.90. The molecule has 0 aromatic carbocycles. The van der Waals surface area contributed by atoms with Crippen LogP contribution in [0.25, 0.3) is 0 Å². The van der Waals surface area contributed by atoms with Gasteiger partial charge in [-0.15, -0.1) is 6.58 Å². The van der Waals surface area contributed by atoms with Crippen LogP contribution in [-0.2, 0) is 12.6 Å². The number of hydrogen-bond donors (Lipinski definition) is 0. The molecule has 1 aromatic rings. The van der Waals surface area contributed by atoms with Crippen LogP contribution in [-0.4, -0.2) is 4.98 Å². The van der Waals surface area contributed by atoms with Crippen LogP contribution in [0.2, 0.25) is 0 Å². The average molecular weight is 187 g/mol. The largest absolute Gasteiger partial charge is 0.418 e. The number of hydrogen-bond acceptors (Lipinski definition) is 1. The Morgan fingerprint density at radius 2 is 2.15 bits per heavy atom. The van der Waals surface area contributed by atoms with Crippen molar-refractivity contribution in [2.24, 2.45) is 0 Å². The smallest absolute Gasteiger partial charge is 0.260 e. The molecule has 70 valence electrons. The Morgan fingerprint density at radius 3 is 2.69 bits per heavy atom. The van der Waals surface area contributed by atoms with Crippen LogP contribution in [0.5, 0.6) is 0 Å². The molecule has 0 saturated carbocycles. The second-order valence-electron chi connectivity index (χ2n) is 2.49. The molecule has 1 rings (SSSR count). The van der Waals surface area contributed by atoms with Crippen molar-refractivity contribution in [3.63, 3.8) is 0 Å². The van der Waals surface area contributed by atoms with Crippen LogP contribution in [0.3, 0.4) is 0 Å². The minimum Gasteiger partial charge on any atom is -0.260 e. The number of pyridine rings is 1. The van der Waals surface area contributed by atoms with Crippen LogP contribution in [0.15, 0.2) is 31.0 Å². The van der Waals surface area contributed by atoms with Crippen molar-refractivity contribution < 1.29 is 13.2 Å². The third kappa shape index (κ3) is 2.31. The summed E-state index contributed by atoms with van der Waals surface area (Å²) in [6.45, 7) is 3.37. The lowest BCUT2D eigenvalue weighted by Crippen LogP contribution is -2.09. The Morgan fingerprint density at radius 1 is 1.46 bits per heavy atom. The zero-order valence-electron chi connectivity index (χ0n) is 6.80. The lowest BCUT2D eigenvalue weighted by molar-refractivity contribution is -0.138. The molecule has 0 fully saturated rings. The fraction of sp³-hybridized carbons (Fsp3) is 0.222. The number of nitrogens with zero attached hydrogens (tertiary/aromatic N) is 1. The molecule has 0 saturated heterocycles. The number of allylic oxidation sites excluding steroid dienone is 1. The van der Waals surface area contributed by atoms with Crippen molar-refractivity contribution in [1.82, 2.24) is 4.98 Å². The van der Waals surface area contributed by atoms with Gasteiger partial charge in [0.05, 0.1) is 11.3 Å². The minimum atomic E-state index is -4.33. The minimum absolute atomic E-state index is 0.0185. The van der Waals surface area contributed by atoms with Crippen molar-refractivity contribution in [3.8, 4) is 0 Å². The molecule has 0 bridgehead atoms. The maximum atomic E-state index is 12.3. The van der Waals surface area contributed by atoms with E-state index in [9.17, 15) is 13.2 Å². The second-order valence-corrected chi connectivity index (χ2v) is 2.49. The van der Waals surface area contributed by atoms with E-state index in [1.54, 1.807) is 0 Å². The summed E-state index contributed by atoms with van der Waals surface area (Å²) in [5.41, 5.74) is -0.667. The fourth-order valence-electron chi connectivity index (χ4n) is 0.995. The van der Waals surface area contributed by atoms with E-state index in [0.717, 1.165) is 6.07 Å². The highest BCUT2D eigenvalue weighted by atomic mass is 19.4. The van der Waals surface area contributed by atoms with Crippen molar-refractivity contribution in [2.45, 2.75) is 12.6 Å². The Balaban J connectivity index is 3.11. The predicted molar refractivity (Wildman–Crippen MR) is 43.1 cm³/mol. The lowest BCUT2D eigenvalue weighted by atomic mass is 10.1. The van der Waals surface area contributed by atoms with E-state index in [1.165, 1.54) is 18.3 Å². The molecular weight excluding hydrogens is 179 g/mol. The first-order valence-corrected chi connectivity index (χ1v) is 3.67. The molecule has 0 unspecified atom stereocenters. The normalized spacial score (nSPS) is 11.3. The van der Waals surface area contributed by atoms with E-state index in [0.29, 0.717) is 0 Å². The van der Waals surface area contributed by atoms with Gasteiger partial charge in [0.15, 0.2) is 0 Å². The van der Waals surface area contributed by atoms with Crippen LogP contribution in [0.4, 0.5) is 13.2 Å². The zero-order valence-corrected chi connectivity index (χ0v) is 6.80. The van der Waals surface area contributed by atoms with E-state index >= 15 is 0 Å². The second kappa shape index (κ2) is 3.60. The molecule has 13 heavy (non-hydrogen) atoms. The van der Waals surface area contributed by atoms with E-state index in [4.69, 9.17) is 0 Å². The van der Waals surface area contributed by atoms with Gasteiger partial charge >= 0.3 is 6.18 Å². The van der Waals surface area contributed by atoms with E-state index in [-0.39, 0.29) is 12.1 Å². The molecule has 1 nitrogen and oxygen atoms in total. The monoisotopic (exact) mass is 187 g/mol. The maximum absolute atomic E-state index is 12.3. The first-order valence-electron chi connectivity index (χ1n) is 3.67. The third-order valence-corrected chi connectivity index (χ3v) is 1.53. The number of halogens is 3. The Kier molecular flexibility index (Phi) is 2.70. The average Bonchev–Trinajstić information content (AvgIpc) is 2.04. The Labute approximate surface area is 73.9 Å². The van der Waals surface area contributed by atoms with Gasteiger partial charge in [-0.2, -0.15) is 13.2 Å². The fourth-order valence-corrected chi connectivity index (χ4v) is 0.995. The summed E-state index contributed by atoms with van der Waals surface area (Å²) in [7, 11) is 0. The molecule has 0 aliphatic carbocycles. The van der Waals surface area contributed by atoms with Gasteiger partial charge in [-0.1, -0.05) is 6.08 Å². The molecule has 0 aliphatic rings. The molecular formula is C9H8F3N. The van der Waals surface area contributed by atoms with Gasteiger partial charge in [0.1, 0.15) is 0 Å². The topological polar surface area (TPSA) is 12.9 Å². The molecule has 0 atom stereocenters. The summed E-state index contributed by atoms with van der Waals surface area (Å²) in [6.07, 6.45) is -1.45. The molecule has 0 amide bonds. The van der Waals surface area contributed by atoms with Gasteiger partial charge in [-0.05, 0) is 12.1 Å². The van der Waals surface area contributed by atoms with Gasteiger partial charge in [-0.3, -0.25) is 4.98 Å². The summed E-state index contributed by atoms with van der Waals surface area (Å²) in [5, 5.41) is 0. The first kappa shape index (κ1) is 9.77. The highest BCUT2D eigenvalue weighted by molar-refractivity contribution is 5.24. The van der Waals surface area contributed by atoms with Gasteiger partial charge in [0.2, 0.25) is 0 Å². The lowest BCUT2D eigenvalue weighted by Gasteiger charge is -2.09. The van der Waals surface area contributed by atoms with Crippen molar-refractivity contribution in [1.29, 1.82) is 0 Å². The van der Waals surface area contributed by atoms with Gasteiger partial charge < -0.3 is 0 Å². The molecule has 0 aliphatic heterocycles. The summed E-state index contributed by atoms with van der Waals surface area (Å²) >= 11 is 0. The van der Waals surface area contributed by atoms with E-state index in [2.05, 4.69) is 11.6 Å². The number of rotatable bonds is 2. The third-order valence-electron chi connectivity index (χ3n) is 1.53. The summed E-state index contributed by atoms with van der Waals surface area (Å²) in [6, 6.07) is 2.29. The van der Waals surface area contributed by atoms with Gasteiger partial charge in [0, 0.05) is 12.6 Å². The van der Waals surface area contributed by atoms with E-state index < -0.39 is 11.7 Å². The quantitative estimate of drug-likeness (QED) is 0.649. The van der Waals surface area contributed by atoms with Crippen LogP contribution in [0.1, 0.15) is 11.3 Å². The maximum Gasteiger partial charge on any atom is 0.418 e. The molecule has 4 heteroatoms. The van der Waals surface area contributed by atoms with Crippen LogP contribution >= 0.6 is 0 Å². The van der Waals surface area contributed by atoms with Crippen molar-refractivity contribution in [3.05, 3.63) is 42.2 Å². The predicted octanol–water partition coefficient (Wildman–Crippen LogP) is 2.83. The van der Waals surface area contributed by atoms with Crippen LogP contribution in [0, 0.1) is 0 Å². The van der Waals surface area contributed by atoms with Crippen LogP contribution < -0.4 is 0 Å². The van der Waals surface area contributed by atoms with Crippen molar-refractivity contribution in [2.75, 3.05) is 0 Å².